The van der Waals surface area contributed by atoms with Crippen LogP contribution in [0.5, 0.6) is 0 Å². The van der Waals surface area contributed by atoms with Crippen molar-refractivity contribution in [3.05, 3.63) is 40.0 Å². The van der Waals surface area contributed by atoms with Crippen LogP contribution in [0, 0.1) is 6.92 Å². The van der Waals surface area contributed by atoms with E-state index in [1.165, 1.54) is 0 Å². The number of aromatic nitrogens is 2. The third-order valence-electron chi connectivity index (χ3n) is 4.98. The van der Waals surface area contributed by atoms with Gasteiger partial charge in [0.2, 0.25) is 0 Å². The second-order valence-corrected chi connectivity index (χ2v) is 7.97. The van der Waals surface area contributed by atoms with Crippen LogP contribution in [0.3, 0.4) is 0 Å². The van der Waals surface area contributed by atoms with Crippen molar-refractivity contribution < 1.29 is 0 Å². The maximum absolute atomic E-state index is 4.66. The average Bonchev–Trinajstić information content (AvgIpc) is 3.16. The first kappa shape index (κ1) is 23.8. The summed E-state index contributed by atoms with van der Waals surface area (Å²) in [5, 5.41) is 9.92. The predicted octanol–water partition coefficient (Wildman–Crippen LogP) is 2.51. The summed E-state index contributed by atoms with van der Waals surface area (Å²) < 4.78 is 0. The molecule has 0 bridgehead atoms. The number of anilines is 1. The Balaban J connectivity index is 0.00000300. The monoisotopic (exact) mass is 529 g/mol. The molecule has 0 unspecified atom stereocenters. The zero-order chi connectivity index (χ0) is 19.8. The van der Waals surface area contributed by atoms with Crippen molar-refractivity contribution in [2.75, 3.05) is 51.2 Å². The summed E-state index contributed by atoms with van der Waals surface area (Å²) in [7, 11) is 1.79. The lowest BCUT2D eigenvalue weighted by molar-refractivity contribution is 0.270. The van der Waals surface area contributed by atoms with Crippen molar-refractivity contribution in [1.29, 1.82) is 0 Å². The number of nitrogens with one attached hydrogen (secondary N) is 2. The molecule has 2 aromatic heterocycles. The maximum atomic E-state index is 4.66. The summed E-state index contributed by atoms with van der Waals surface area (Å²) in [5.41, 5.74) is 2.28. The van der Waals surface area contributed by atoms with Crippen molar-refractivity contribution in [2.24, 2.45) is 4.99 Å². The molecule has 1 saturated heterocycles. The lowest BCUT2D eigenvalue weighted by Crippen LogP contribution is -2.46. The van der Waals surface area contributed by atoms with Gasteiger partial charge in [0.25, 0.3) is 0 Å². The van der Waals surface area contributed by atoms with E-state index >= 15 is 0 Å². The Labute approximate surface area is 195 Å². The molecular weight excluding hydrogens is 497 g/mol. The van der Waals surface area contributed by atoms with Crippen molar-refractivity contribution in [2.45, 2.75) is 26.8 Å². The van der Waals surface area contributed by atoms with Crippen molar-refractivity contribution in [3.8, 4) is 0 Å². The minimum absolute atomic E-state index is 0. The van der Waals surface area contributed by atoms with Crippen LogP contribution in [0.1, 0.15) is 23.2 Å². The fourth-order valence-corrected chi connectivity index (χ4v) is 3.89. The van der Waals surface area contributed by atoms with Gasteiger partial charge < -0.3 is 20.4 Å². The summed E-state index contributed by atoms with van der Waals surface area (Å²) in [6, 6.07) is 4.27. The lowest BCUT2D eigenvalue weighted by atomic mass is 10.2. The molecule has 9 heteroatoms. The highest BCUT2D eigenvalue weighted by Gasteiger charge is 2.16. The largest absolute Gasteiger partial charge is 0.356 e. The molecule has 0 aliphatic carbocycles. The SMILES string of the molecule is CCN1CCN(c2ccc(CNC(=NC)NCCc3csc(C)n3)cn2)CC1.I. The second kappa shape index (κ2) is 12.3. The van der Waals surface area contributed by atoms with E-state index in [0.717, 1.165) is 73.7 Å². The molecule has 0 radical (unpaired) electrons. The zero-order valence-electron chi connectivity index (χ0n) is 17.5. The molecule has 7 nitrogen and oxygen atoms in total. The summed E-state index contributed by atoms with van der Waals surface area (Å²) in [6.45, 7) is 11.2. The van der Waals surface area contributed by atoms with Gasteiger partial charge in [-0.05, 0) is 25.1 Å². The molecule has 3 heterocycles. The van der Waals surface area contributed by atoms with Gasteiger partial charge in [-0.3, -0.25) is 4.99 Å². The number of likely N-dealkylation sites (N-methyl/N-ethyl adjacent to an activating group) is 1. The van der Waals surface area contributed by atoms with Crippen LogP contribution >= 0.6 is 35.3 Å². The number of pyridine rings is 1. The van der Waals surface area contributed by atoms with Crippen LogP contribution < -0.4 is 15.5 Å². The smallest absolute Gasteiger partial charge is 0.191 e. The van der Waals surface area contributed by atoms with Crippen LogP contribution in [0.4, 0.5) is 5.82 Å². The van der Waals surface area contributed by atoms with Gasteiger partial charge in [-0.1, -0.05) is 13.0 Å². The van der Waals surface area contributed by atoms with E-state index in [1.807, 2.05) is 13.1 Å². The number of hydrogen-bond donors (Lipinski definition) is 2. The normalized spacial score (nSPS) is 15.1. The van der Waals surface area contributed by atoms with E-state index in [9.17, 15) is 0 Å². The molecule has 2 N–H and O–H groups in total. The molecule has 2 aromatic rings. The van der Waals surface area contributed by atoms with Crippen LogP contribution in [0.15, 0.2) is 28.7 Å². The van der Waals surface area contributed by atoms with Crippen molar-refractivity contribution in [1.82, 2.24) is 25.5 Å². The maximum Gasteiger partial charge on any atom is 0.191 e. The predicted molar refractivity (Wildman–Crippen MR) is 133 cm³/mol. The van der Waals surface area contributed by atoms with Crippen LogP contribution in [-0.4, -0.2) is 67.1 Å². The molecule has 0 spiro atoms. The second-order valence-electron chi connectivity index (χ2n) is 6.91. The molecule has 0 atom stereocenters. The molecule has 1 fully saturated rings. The van der Waals surface area contributed by atoms with E-state index in [1.54, 1.807) is 18.4 Å². The molecular formula is C20H32IN7S. The third kappa shape index (κ3) is 7.38. The van der Waals surface area contributed by atoms with Crippen LogP contribution in [0.25, 0.3) is 0 Å². The summed E-state index contributed by atoms with van der Waals surface area (Å²) in [4.78, 5) is 18.3. The van der Waals surface area contributed by atoms with Crippen molar-refractivity contribution >= 4 is 47.1 Å². The van der Waals surface area contributed by atoms with Crippen LogP contribution in [-0.2, 0) is 13.0 Å². The third-order valence-corrected chi connectivity index (χ3v) is 5.80. The van der Waals surface area contributed by atoms with Crippen LogP contribution in [0.2, 0.25) is 0 Å². The van der Waals surface area contributed by atoms with Gasteiger partial charge >= 0.3 is 0 Å². The fraction of sp³-hybridized carbons (Fsp3) is 0.550. The fourth-order valence-electron chi connectivity index (χ4n) is 3.24. The number of piperazine rings is 1. The van der Waals surface area contributed by atoms with Gasteiger partial charge in [-0.2, -0.15) is 0 Å². The molecule has 3 rings (SSSR count). The Kier molecular flexibility index (Phi) is 10.1. The van der Waals surface area contributed by atoms with E-state index in [-0.39, 0.29) is 24.0 Å². The number of aryl methyl sites for hydroxylation is 1. The Morgan fingerprint density at radius 2 is 2.00 bits per heavy atom. The van der Waals surface area contributed by atoms with E-state index in [2.05, 4.69) is 59.8 Å². The number of rotatable bonds is 7. The highest BCUT2D eigenvalue weighted by Crippen LogP contribution is 2.14. The Morgan fingerprint density at radius 3 is 2.59 bits per heavy atom. The Morgan fingerprint density at radius 1 is 1.21 bits per heavy atom. The Hall–Kier alpha value is -1.46. The molecule has 29 heavy (non-hydrogen) atoms. The van der Waals surface area contributed by atoms with Gasteiger partial charge in [0.1, 0.15) is 5.82 Å². The minimum Gasteiger partial charge on any atom is -0.356 e. The number of guanidine groups is 1. The standard InChI is InChI=1S/C20H31N7S.HI/c1-4-26-9-11-27(12-10-26)19-6-5-17(13-23-19)14-24-20(21-3)22-8-7-18-15-28-16(2)25-18;/h5-6,13,15H,4,7-12,14H2,1-3H3,(H2,21,22,24);1H. The summed E-state index contributed by atoms with van der Waals surface area (Å²) in [6.07, 6.45) is 2.85. The molecule has 0 amide bonds. The number of nitrogens with zero attached hydrogens (tertiary/aromatic N) is 5. The zero-order valence-corrected chi connectivity index (χ0v) is 20.7. The number of aliphatic imine (C=N–C) groups is 1. The summed E-state index contributed by atoms with van der Waals surface area (Å²) in [5.74, 6) is 1.87. The first-order chi connectivity index (χ1) is 13.7. The molecule has 0 saturated carbocycles. The van der Waals surface area contributed by atoms with Crippen molar-refractivity contribution in [3.63, 3.8) is 0 Å². The van der Waals surface area contributed by atoms with Gasteiger partial charge in [-0.25, -0.2) is 9.97 Å². The first-order valence-electron chi connectivity index (χ1n) is 9.95. The lowest BCUT2D eigenvalue weighted by Gasteiger charge is -2.34. The van der Waals surface area contributed by atoms with E-state index in [4.69, 9.17) is 0 Å². The number of hydrogen-bond acceptors (Lipinski definition) is 6. The number of halogens is 1. The van der Waals surface area contributed by atoms with Gasteiger partial charge in [0.15, 0.2) is 5.96 Å². The molecule has 1 aliphatic rings. The molecule has 1 aliphatic heterocycles. The molecule has 0 aromatic carbocycles. The van der Waals surface area contributed by atoms with E-state index in [0.29, 0.717) is 6.54 Å². The van der Waals surface area contributed by atoms with Gasteiger partial charge in [0.05, 0.1) is 10.7 Å². The Bertz CT molecular complexity index is 754. The minimum atomic E-state index is 0. The highest BCUT2D eigenvalue weighted by atomic mass is 127. The first-order valence-corrected chi connectivity index (χ1v) is 10.8. The molecule has 160 valence electrons. The summed E-state index contributed by atoms with van der Waals surface area (Å²) >= 11 is 1.69. The van der Waals surface area contributed by atoms with Gasteiger partial charge in [-0.15, -0.1) is 35.3 Å². The van der Waals surface area contributed by atoms with E-state index < -0.39 is 0 Å². The highest BCUT2D eigenvalue weighted by molar-refractivity contribution is 14.0. The number of thiazole rings is 1. The van der Waals surface area contributed by atoms with Gasteiger partial charge in [0, 0.05) is 64.3 Å². The quantitative estimate of drug-likeness (QED) is 0.327. The average molecular weight is 529 g/mol. The topological polar surface area (TPSA) is 68.7 Å².